The largest absolute Gasteiger partial charge is 0.304 e. The van der Waals surface area contributed by atoms with Gasteiger partial charge < -0.3 is 4.98 Å². The third kappa shape index (κ3) is 6.04. The van der Waals surface area contributed by atoms with E-state index >= 15 is 0 Å². The summed E-state index contributed by atoms with van der Waals surface area (Å²) < 4.78 is 2.70. The Morgan fingerprint density at radius 3 is 1.80 bits per heavy atom. The molecule has 2 aromatic heterocycles. The van der Waals surface area contributed by atoms with E-state index in [4.69, 9.17) is 0 Å². The van der Waals surface area contributed by atoms with Gasteiger partial charge in [-0.05, 0) is 91.5 Å². The molecule has 0 atom stereocenters. The number of aromatic nitrogens is 1. The van der Waals surface area contributed by atoms with Crippen LogP contribution in [0.15, 0.2) is 176 Å². The van der Waals surface area contributed by atoms with Crippen LogP contribution in [-0.2, 0) is 20.1 Å². The van der Waals surface area contributed by atoms with Crippen molar-refractivity contribution in [1.29, 1.82) is 0 Å². The van der Waals surface area contributed by atoms with Gasteiger partial charge in [0.1, 0.15) is 0 Å². The minimum Gasteiger partial charge on any atom is -0.304 e. The first-order valence-corrected chi connectivity index (χ1v) is 17.8. The summed E-state index contributed by atoms with van der Waals surface area (Å²) >= 11 is 1.89. The van der Waals surface area contributed by atoms with Crippen molar-refractivity contribution >= 4 is 63.8 Å². The number of aryl methyl sites for hydroxylation is 1. The van der Waals surface area contributed by atoms with Crippen LogP contribution in [0.3, 0.4) is 0 Å². The Morgan fingerprint density at radius 2 is 1.08 bits per heavy atom. The van der Waals surface area contributed by atoms with Gasteiger partial charge in [-0.2, -0.15) is 0 Å². The average Bonchev–Trinajstić information content (AvgIpc) is 3.58. The van der Waals surface area contributed by atoms with Gasteiger partial charge in [-0.15, -0.1) is 47.2 Å². The van der Waals surface area contributed by atoms with Crippen LogP contribution in [0.25, 0.3) is 86.0 Å². The Morgan fingerprint density at radius 1 is 0.471 bits per heavy atom. The Kier molecular flexibility index (Phi) is 9.02. The molecule has 0 N–H and O–H groups in total. The van der Waals surface area contributed by atoms with Crippen LogP contribution in [0.5, 0.6) is 0 Å². The molecule has 0 saturated carbocycles. The summed E-state index contributed by atoms with van der Waals surface area (Å²) in [6.45, 7) is 2.06. The SMILES string of the molecule is Cc1cccnc1-c1[c-]cccc1.[Ir].c1cc(-c2ccc3c4ccccc4c4ccccc4c3c2)cc(-c2cccc3c2sc2ccccc23)c1. The van der Waals surface area contributed by atoms with Crippen molar-refractivity contribution in [2.45, 2.75) is 6.92 Å². The van der Waals surface area contributed by atoms with E-state index in [1.807, 2.05) is 47.9 Å². The van der Waals surface area contributed by atoms with E-state index < -0.39 is 0 Å². The molecule has 0 aliphatic carbocycles. The van der Waals surface area contributed by atoms with Crippen LogP contribution in [-0.4, -0.2) is 4.98 Å². The van der Waals surface area contributed by atoms with Crippen molar-refractivity contribution < 1.29 is 20.1 Å². The minimum absolute atomic E-state index is 0. The van der Waals surface area contributed by atoms with Crippen LogP contribution in [0.4, 0.5) is 0 Å². The third-order valence-corrected chi connectivity index (χ3v) is 10.8. The van der Waals surface area contributed by atoms with Crippen molar-refractivity contribution in [3.63, 3.8) is 0 Å². The molecule has 0 unspecified atom stereocenters. The summed E-state index contributed by atoms with van der Waals surface area (Å²) in [7, 11) is 0. The zero-order valence-corrected chi connectivity index (χ0v) is 31.1. The molecule has 0 aliphatic rings. The third-order valence-electron chi connectivity index (χ3n) is 9.63. The maximum Gasteiger partial charge on any atom is 0.0433 e. The molecule has 0 amide bonds. The molecule has 0 bridgehead atoms. The zero-order chi connectivity index (χ0) is 33.4. The smallest absolute Gasteiger partial charge is 0.0433 e. The van der Waals surface area contributed by atoms with Gasteiger partial charge in [-0.1, -0.05) is 127 Å². The van der Waals surface area contributed by atoms with Gasteiger partial charge in [0, 0.05) is 46.5 Å². The molecule has 2 heterocycles. The van der Waals surface area contributed by atoms with Gasteiger partial charge in [0.15, 0.2) is 0 Å². The maximum atomic E-state index is 4.32. The molecule has 0 aliphatic heterocycles. The summed E-state index contributed by atoms with van der Waals surface area (Å²) in [4.78, 5) is 4.32. The van der Waals surface area contributed by atoms with Crippen molar-refractivity contribution in [1.82, 2.24) is 4.98 Å². The number of hydrogen-bond donors (Lipinski definition) is 0. The fourth-order valence-corrected chi connectivity index (χ4v) is 8.47. The van der Waals surface area contributed by atoms with Gasteiger partial charge in [0.2, 0.25) is 0 Å². The van der Waals surface area contributed by atoms with Gasteiger partial charge in [0.05, 0.1) is 0 Å². The summed E-state index contributed by atoms with van der Waals surface area (Å²) in [5.41, 5.74) is 8.32. The molecule has 1 radical (unpaired) electrons. The fourth-order valence-electron chi connectivity index (χ4n) is 7.24. The Balaban J connectivity index is 0.000000226. The summed E-state index contributed by atoms with van der Waals surface area (Å²) in [6, 6.07) is 64.0. The second kappa shape index (κ2) is 14.1. The molecule has 1 nitrogen and oxygen atoms in total. The first-order valence-electron chi connectivity index (χ1n) is 17.0. The summed E-state index contributed by atoms with van der Waals surface area (Å²) in [6.07, 6.45) is 1.81. The van der Waals surface area contributed by atoms with Gasteiger partial charge >= 0.3 is 0 Å². The number of thiophene rings is 1. The zero-order valence-electron chi connectivity index (χ0n) is 27.9. The van der Waals surface area contributed by atoms with Crippen molar-refractivity contribution in [2.75, 3.05) is 0 Å². The van der Waals surface area contributed by atoms with E-state index in [9.17, 15) is 0 Å². The number of benzene rings is 8. The van der Waals surface area contributed by atoms with E-state index in [1.54, 1.807) is 0 Å². The molecule has 3 heteroatoms. The molecule has 10 rings (SSSR count). The molecular formula is C48H32IrNS-. The predicted octanol–water partition coefficient (Wildman–Crippen LogP) is 13.7. The summed E-state index contributed by atoms with van der Waals surface area (Å²) in [5.74, 6) is 0. The number of nitrogens with zero attached hydrogens (tertiary/aromatic N) is 1. The number of hydrogen-bond acceptors (Lipinski definition) is 2. The fraction of sp³-hybridized carbons (Fsp3) is 0.0208. The minimum atomic E-state index is 0. The summed E-state index contributed by atoms with van der Waals surface area (Å²) in [5, 5.41) is 10.6. The Labute approximate surface area is 315 Å². The second-order valence-corrected chi connectivity index (χ2v) is 13.7. The quantitative estimate of drug-likeness (QED) is 0.128. The molecule has 0 spiro atoms. The number of pyridine rings is 1. The average molecular weight is 847 g/mol. The van der Waals surface area contributed by atoms with Crippen LogP contribution >= 0.6 is 11.3 Å². The molecule has 0 saturated heterocycles. The first kappa shape index (κ1) is 32.7. The molecular weight excluding hydrogens is 815 g/mol. The normalized spacial score (nSPS) is 11.1. The Hall–Kier alpha value is -5.44. The molecule has 51 heavy (non-hydrogen) atoms. The second-order valence-electron chi connectivity index (χ2n) is 12.7. The van der Waals surface area contributed by atoms with E-state index in [-0.39, 0.29) is 20.1 Å². The predicted molar refractivity (Wildman–Crippen MR) is 216 cm³/mol. The van der Waals surface area contributed by atoms with E-state index in [0.29, 0.717) is 0 Å². The van der Waals surface area contributed by atoms with Crippen molar-refractivity contribution in [2.24, 2.45) is 0 Å². The number of fused-ring (bicyclic) bond motifs is 9. The van der Waals surface area contributed by atoms with E-state index in [2.05, 4.69) is 158 Å². The van der Waals surface area contributed by atoms with Crippen LogP contribution in [0, 0.1) is 13.0 Å². The first-order chi connectivity index (χ1) is 24.7. The van der Waals surface area contributed by atoms with Crippen molar-refractivity contribution in [3.05, 3.63) is 188 Å². The van der Waals surface area contributed by atoms with Gasteiger partial charge in [-0.3, -0.25) is 0 Å². The monoisotopic (exact) mass is 847 g/mol. The number of rotatable bonds is 3. The maximum absolute atomic E-state index is 4.32. The molecule has 10 aromatic rings. The van der Waals surface area contributed by atoms with Crippen LogP contribution in [0.2, 0.25) is 0 Å². The Bertz CT molecular complexity index is 2800. The van der Waals surface area contributed by atoms with Crippen LogP contribution < -0.4 is 0 Å². The standard InChI is InChI=1S/C36H22S.C12H10N.Ir/c1-2-13-29-27(11-1)28-12-3-4-14-30(28)34-22-24(19-20-31(29)34)23-9-7-10-25(21-23)26-16-8-17-33-32-15-5-6-18-35(32)37-36(26)33;1-10-6-5-9-13-12(10)11-7-3-2-4-8-11;/h1-22H;2-7,9H,1H3;/q;-1;. The van der Waals surface area contributed by atoms with E-state index in [1.165, 1.54) is 80.3 Å². The van der Waals surface area contributed by atoms with Gasteiger partial charge in [-0.25, -0.2) is 0 Å². The van der Waals surface area contributed by atoms with Crippen molar-refractivity contribution in [3.8, 4) is 33.5 Å². The van der Waals surface area contributed by atoms with Crippen LogP contribution in [0.1, 0.15) is 5.56 Å². The molecule has 8 aromatic carbocycles. The topological polar surface area (TPSA) is 12.9 Å². The molecule has 245 valence electrons. The molecule has 0 fully saturated rings. The van der Waals surface area contributed by atoms with Gasteiger partial charge in [0.25, 0.3) is 0 Å². The van der Waals surface area contributed by atoms with E-state index in [0.717, 1.165) is 11.3 Å².